The van der Waals surface area contributed by atoms with Gasteiger partial charge in [0.25, 0.3) is 0 Å². The summed E-state index contributed by atoms with van der Waals surface area (Å²) in [6.07, 6.45) is 4.58. The number of urea groups is 1. The Morgan fingerprint density at radius 2 is 2.04 bits per heavy atom. The zero-order valence-electron chi connectivity index (χ0n) is 14.4. The van der Waals surface area contributed by atoms with E-state index in [1.807, 2.05) is 11.0 Å². The number of piperidine rings is 1. The Bertz CT molecular complexity index is 625. The molecule has 0 saturated carbocycles. The topological polar surface area (TPSA) is 50.8 Å². The number of rotatable bonds is 3. The summed E-state index contributed by atoms with van der Waals surface area (Å²) in [4.78, 5) is 14.4. The summed E-state index contributed by atoms with van der Waals surface area (Å²) in [6.45, 7) is 2.88. The van der Waals surface area contributed by atoms with Crippen molar-refractivity contribution in [2.75, 3.05) is 26.3 Å². The number of nitrogens with one attached hydrogen (secondary N) is 1. The molecule has 136 valence electrons. The predicted molar refractivity (Wildman–Crippen MR) is 90.9 cm³/mol. The maximum Gasteiger partial charge on any atom is 0.317 e. The predicted octanol–water partition coefficient (Wildman–Crippen LogP) is 2.79. The Hall–Kier alpha value is -1.66. The number of amides is 2. The highest BCUT2D eigenvalue weighted by molar-refractivity contribution is 5.75. The van der Waals surface area contributed by atoms with Crippen LogP contribution in [0.2, 0.25) is 0 Å². The van der Waals surface area contributed by atoms with Crippen molar-refractivity contribution in [2.45, 2.75) is 50.4 Å². The number of benzene rings is 1. The molecule has 4 rings (SSSR count). The maximum atomic E-state index is 13.8. The first-order valence-electron chi connectivity index (χ1n) is 9.26. The molecule has 3 aliphatic rings. The van der Waals surface area contributed by atoms with E-state index >= 15 is 0 Å². The van der Waals surface area contributed by atoms with Crippen LogP contribution >= 0.6 is 0 Å². The number of hydrogen-bond acceptors (Lipinski definition) is 3. The highest BCUT2D eigenvalue weighted by atomic mass is 19.1. The minimum absolute atomic E-state index is 0.0511. The highest BCUT2D eigenvalue weighted by Gasteiger charge is 2.30. The van der Waals surface area contributed by atoms with Gasteiger partial charge in [-0.3, -0.25) is 0 Å². The summed E-state index contributed by atoms with van der Waals surface area (Å²) in [5, 5.41) is 3.08. The first-order chi connectivity index (χ1) is 12.2. The van der Waals surface area contributed by atoms with Crippen LogP contribution in [0.1, 0.15) is 42.9 Å². The van der Waals surface area contributed by atoms with Crippen LogP contribution in [0, 0.1) is 5.82 Å². The van der Waals surface area contributed by atoms with Gasteiger partial charge in [0.15, 0.2) is 0 Å². The molecule has 1 aromatic carbocycles. The summed E-state index contributed by atoms with van der Waals surface area (Å²) in [5.74, 6) is -0.164. The monoisotopic (exact) mass is 348 g/mol. The standard InChI is InChI=1S/C19H25FN2O3/c20-17-3-1-2-16-15(17)4-5-18(16)21-19(23)22-9-6-13(7-10-22)25-14-8-11-24-12-14/h1-3,13-14,18H,4-12H2,(H,21,23). The van der Waals surface area contributed by atoms with E-state index in [1.54, 1.807) is 6.07 Å². The van der Waals surface area contributed by atoms with E-state index in [-0.39, 0.29) is 30.1 Å². The van der Waals surface area contributed by atoms with Crippen molar-refractivity contribution in [1.82, 2.24) is 10.2 Å². The molecule has 5 nitrogen and oxygen atoms in total. The number of hydrogen-bond donors (Lipinski definition) is 1. The molecule has 2 saturated heterocycles. The van der Waals surface area contributed by atoms with Crippen molar-refractivity contribution < 1.29 is 18.7 Å². The fraction of sp³-hybridized carbons (Fsp3) is 0.632. The normalized spacial score (nSPS) is 26.7. The van der Waals surface area contributed by atoms with Gasteiger partial charge >= 0.3 is 6.03 Å². The van der Waals surface area contributed by atoms with Gasteiger partial charge in [0.2, 0.25) is 0 Å². The number of carbonyl (C=O) groups is 1. The number of carbonyl (C=O) groups excluding carboxylic acids is 1. The summed E-state index contributed by atoms with van der Waals surface area (Å²) in [6, 6.07) is 4.99. The molecule has 1 aliphatic carbocycles. The lowest BCUT2D eigenvalue weighted by molar-refractivity contribution is -0.0392. The average molecular weight is 348 g/mol. The van der Waals surface area contributed by atoms with Gasteiger partial charge in [-0.05, 0) is 49.3 Å². The molecule has 0 bridgehead atoms. The Morgan fingerprint density at radius 3 is 2.80 bits per heavy atom. The Morgan fingerprint density at radius 1 is 1.20 bits per heavy atom. The van der Waals surface area contributed by atoms with Crippen LogP contribution in [0.15, 0.2) is 18.2 Å². The van der Waals surface area contributed by atoms with Crippen LogP contribution in [0.25, 0.3) is 0 Å². The highest BCUT2D eigenvalue weighted by Crippen LogP contribution is 2.33. The van der Waals surface area contributed by atoms with E-state index in [4.69, 9.17) is 9.47 Å². The number of halogens is 1. The second-order valence-electron chi connectivity index (χ2n) is 7.16. The molecular weight excluding hydrogens is 323 g/mol. The van der Waals surface area contributed by atoms with E-state index in [2.05, 4.69) is 5.32 Å². The average Bonchev–Trinajstić information content (AvgIpc) is 3.27. The van der Waals surface area contributed by atoms with E-state index in [1.165, 1.54) is 6.07 Å². The van der Waals surface area contributed by atoms with Crippen LogP contribution < -0.4 is 5.32 Å². The third kappa shape index (κ3) is 3.65. The molecule has 1 N–H and O–H groups in total. The fourth-order valence-corrected chi connectivity index (χ4v) is 4.09. The zero-order valence-corrected chi connectivity index (χ0v) is 14.4. The van der Waals surface area contributed by atoms with Crippen molar-refractivity contribution in [1.29, 1.82) is 0 Å². The van der Waals surface area contributed by atoms with Crippen LogP contribution in [0.4, 0.5) is 9.18 Å². The smallest absolute Gasteiger partial charge is 0.317 e. The molecule has 0 aromatic heterocycles. The van der Waals surface area contributed by atoms with Gasteiger partial charge in [0.1, 0.15) is 5.82 Å². The van der Waals surface area contributed by atoms with Crippen molar-refractivity contribution in [3.8, 4) is 0 Å². The van der Waals surface area contributed by atoms with Crippen LogP contribution in [-0.2, 0) is 15.9 Å². The SMILES string of the molecule is O=C(NC1CCc2c(F)cccc21)N1CCC(OC2CCOC2)CC1. The third-order valence-electron chi connectivity index (χ3n) is 5.51. The molecule has 2 heterocycles. The quantitative estimate of drug-likeness (QED) is 0.914. The maximum absolute atomic E-state index is 13.8. The van der Waals surface area contributed by atoms with Gasteiger partial charge in [-0.1, -0.05) is 12.1 Å². The molecular formula is C19H25FN2O3. The van der Waals surface area contributed by atoms with Crippen molar-refractivity contribution in [3.05, 3.63) is 35.1 Å². The van der Waals surface area contributed by atoms with Gasteiger partial charge in [0, 0.05) is 19.7 Å². The molecule has 2 aliphatic heterocycles. The van der Waals surface area contributed by atoms with Crippen molar-refractivity contribution in [2.24, 2.45) is 0 Å². The minimum atomic E-state index is -0.164. The summed E-state index contributed by atoms with van der Waals surface area (Å²) in [5.41, 5.74) is 1.67. The van der Waals surface area contributed by atoms with Gasteiger partial charge in [-0.25, -0.2) is 9.18 Å². The van der Waals surface area contributed by atoms with E-state index in [9.17, 15) is 9.18 Å². The number of likely N-dealkylation sites (tertiary alicyclic amines) is 1. The van der Waals surface area contributed by atoms with Crippen LogP contribution in [0.3, 0.4) is 0 Å². The molecule has 2 amide bonds. The molecule has 1 aromatic rings. The molecule has 0 spiro atoms. The van der Waals surface area contributed by atoms with Gasteiger partial charge in [-0.15, -0.1) is 0 Å². The van der Waals surface area contributed by atoms with Crippen LogP contribution in [0.5, 0.6) is 0 Å². The van der Waals surface area contributed by atoms with E-state index in [0.29, 0.717) is 26.1 Å². The van der Waals surface area contributed by atoms with E-state index in [0.717, 1.165) is 43.4 Å². The zero-order chi connectivity index (χ0) is 17.2. The molecule has 2 atom stereocenters. The number of nitrogens with zero attached hydrogens (tertiary/aromatic N) is 1. The van der Waals surface area contributed by atoms with Gasteiger partial charge in [-0.2, -0.15) is 0 Å². The first-order valence-corrected chi connectivity index (χ1v) is 9.26. The Balaban J connectivity index is 1.28. The fourth-order valence-electron chi connectivity index (χ4n) is 4.09. The lowest BCUT2D eigenvalue weighted by Crippen LogP contribution is -2.47. The minimum Gasteiger partial charge on any atom is -0.379 e. The summed E-state index contributed by atoms with van der Waals surface area (Å²) < 4.78 is 25.2. The van der Waals surface area contributed by atoms with Crippen LogP contribution in [-0.4, -0.2) is 49.4 Å². The summed E-state index contributed by atoms with van der Waals surface area (Å²) >= 11 is 0. The second-order valence-corrected chi connectivity index (χ2v) is 7.16. The molecule has 2 unspecified atom stereocenters. The lowest BCUT2D eigenvalue weighted by Gasteiger charge is -2.33. The molecule has 0 radical (unpaired) electrons. The largest absolute Gasteiger partial charge is 0.379 e. The second kappa shape index (κ2) is 7.30. The Kier molecular flexibility index (Phi) is 4.90. The van der Waals surface area contributed by atoms with Crippen molar-refractivity contribution >= 4 is 6.03 Å². The number of fused-ring (bicyclic) bond motifs is 1. The lowest BCUT2D eigenvalue weighted by atomic mass is 10.1. The van der Waals surface area contributed by atoms with E-state index < -0.39 is 0 Å². The molecule has 6 heteroatoms. The Labute approximate surface area is 147 Å². The molecule has 2 fully saturated rings. The van der Waals surface area contributed by atoms with Crippen molar-refractivity contribution in [3.63, 3.8) is 0 Å². The number of ether oxygens (including phenoxy) is 2. The summed E-state index contributed by atoms with van der Waals surface area (Å²) in [7, 11) is 0. The first kappa shape index (κ1) is 16.8. The third-order valence-corrected chi connectivity index (χ3v) is 5.51. The van der Waals surface area contributed by atoms with Gasteiger partial charge < -0.3 is 19.7 Å². The molecule has 25 heavy (non-hydrogen) atoms. The van der Waals surface area contributed by atoms with Gasteiger partial charge in [0.05, 0.1) is 24.9 Å².